The van der Waals surface area contributed by atoms with Gasteiger partial charge in [0.15, 0.2) is 46.5 Å². The van der Waals surface area contributed by atoms with Crippen LogP contribution in [0.15, 0.2) is 114 Å². The van der Waals surface area contributed by atoms with Crippen molar-refractivity contribution < 1.29 is 63.8 Å². The van der Waals surface area contributed by atoms with Gasteiger partial charge < -0.3 is 35.6 Å². The Bertz CT molecular complexity index is 3550. The number of aliphatic imine (C=N–C) groups is 1. The quantitative estimate of drug-likeness (QED) is 0.0308. The number of amides is 2. The highest BCUT2D eigenvalue weighted by atomic mass is 19.2. The van der Waals surface area contributed by atoms with Crippen molar-refractivity contribution in [3.63, 3.8) is 0 Å². The first-order valence-corrected chi connectivity index (χ1v) is 22.6. The standard InChI is InChI=1S/C26H19F4N5O3.C19H15F3N4O2.C7H4FNO/c27-15-2-1-3-16(11-15)32-26(37)34-20-12-17(28)23(29)22(24(20)30)25(36)14-4-5-18-19(10-14)33-21(13-31-18)35-6-8-38-9-7-35;20-11-8-12(23)18(22)16(17(11)21)19(27)10-1-2-13-14(7-10)25-15(9-24-13)26-3-5-28-6-4-26;8-6-2-1-3-7(4-6)9-5-10/h1-5,10-13H,6-9H2,(H2,32,34,37);1-2,7-9H,3-6,23H2;1-4H. The minimum absolute atomic E-state index is 0.0375. The number of ketones is 2. The summed E-state index contributed by atoms with van der Waals surface area (Å²) in [6.45, 7) is 4.67. The number of hydrogen-bond acceptors (Lipinski definition) is 14. The van der Waals surface area contributed by atoms with E-state index < -0.39 is 86.6 Å². The highest BCUT2D eigenvalue weighted by Crippen LogP contribution is 2.29. The number of morpholine rings is 2. The van der Waals surface area contributed by atoms with Crippen LogP contribution in [-0.4, -0.2) is 96.2 Å². The number of anilines is 5. The number of rotatable bonds is 9. The summed E-state index contributed by atoms with van der Waals surface area (Å²) in [5, 5.41) is 4.26. The molecule has 0 aliphatic carbocycles. The molecule has 2 aliphatic rings. The van der Waals surface area contributed by atoms with E-state index in [-0.39, 0.29) is 22.5 Å². The number of ether oxygens (including phenoxy) is 2. The van der Waals surface area contributed by atoms with E-state index in [0.717, 1.165) is 18.2 Å². The Kier molecular flexibility index (Phi) is 16.6. The number of hydrogen-bond donors (Lipinski definition) is 3. The van der Waals surface area contributed by atoms with Crippen LogP contribution in [-0.2, 0) is 14.3 Å². The topological polar surface area (TPSA) is 207 Å². The summed E-state index contributed by atoms with van der Waals surface area (Å²) >= 11 is 0. The molecule has 4 N–H and O–H groups in total. The molecule has 2 amide bonds. The van der Waals surface area contributed by atoms with Crippen molar-refractivity contribution in [2.24, 2.45) is 4.99 Å². The minimum atomic E-state index is -1.71. The number of nitrogen functional groups attached to an aromatic ring is 1. The smallest absolute Gasteiger partial charge is 0.323 e. The molecule has 2 fully saturated rings. The van der Waals surface area contributed by atoms with E-state index in [0.29, 0.717) is 98.4 Å². The van der Waals surface area contributed by atoms with Crippen LogP contribution < -0.4 is 26.2 Å². The minimum Gasteiger partial charge on any atom is -0.396 e. The largest absolute Gasteiger partial charge is 0.396 e. The molecule has 0 saturated carbocycles. The Balaban J connectivity index is 0.000000175. The molecule has 2 aliphatic heterocycles. The maximum atomic E-state index is 15.3. The van der Waals surface area contributed by atoms with E-state index in [1.807, 2.05) is 15.1 Å². The summed E-state index contributed by atoms with van der Waals surface area (Å²) in [7, 11) is 0. The highest BCUT2D eigenvalue weighted by molar-refractivity contribution is 6.12. The Morgan fingerprint density at radius 1 is 0.566 bits per heavy atom. The average molecular weight is 1050 g/mol. The summed E-state index contributed by atoms with van der Waals surface area (Å²) in [4.78, 5) is 72.5. The summed E-state index contributed by atoms with van der Waals surface area (Å²) in [6.07, 6.45) is 4.51. The third-order valence-corrected chi connectivity index (χ3v) is 11.4. The van der Waals surface area contributed by atoms with Crippen molar-refractivity contribution in [3.05, 3.63) is 178 Å². The van der Waals surface area contributed by atoms with Crippen LogP contribution >= 0.6 is 0 Å². The van der Waals surface area contributed by atoms with Gasteiger partial charge in [-0.15, -0.1) is 0 Å². The predicted molar refractivity (Wildman–Crippen MR) is 262 cm³/mol. The lowest BCUT2D eigenvalue weighted by Crippen LogP contribution is -2.36. The number of carbonyl (C=O) groups is 3. The number of nitrogens with zero attached hydrogens (tertiary/aromatic N) is 7. The van der Waals surface area contributed by atoms with Crippen LogP contribution in [0.3, 0.4) is 0 Å². The first-order chi connectivity index (χ1) is 36.6. The number of fused-ring (bicyclic) bond motifs is 2. The number of carbonyl (C=O) groups excluding carboxylic acids is 4. The SMILES string of the molecule is Nc1cc(F)c(F)c(C(=O)c2ccc3ncc(N4CCOCC4)nc3c2)c1F.O=C(Nc1cccc(F)c1)Nc1cc(F)c(F)c(C(=O)c2ccc3ncc(N4CCOCC4)nc3c2)c1F.O=C=Nc1cccc(F)c1. The van der Waals surface area contributed by atoms with Crippen molar-refractivity contribution in [3.8, 4) is 0 Å². The fourth-order valence-electron chi connectivity index (χ4n) is 7.63. The van der Waals surface area contributed by atoms with Crippen LogP contribution in [0, 0.1) is 46.5 Å². The predicted octanol–water partition coefficient (Wildman–Crippen LogP) is 9.39. The number of nitrogens with two attached hydrogens (primary N) is 1. The molecular weight excluding hydrogens is 1010 g/mol. The molecule has 24 heteroatoms. The molecule has 0 radical (unpaired) electrons. The summed E-state index contributed by atoms with van der Waals surface area (Å²) in [6, 6.07) is 18.4. The Labute approximate surface area is 424 Å². The van der Waals surface area contributed by atoms with Gasteiger partial charge in [0.2, 0.25) is 6.08 Å². The van der Waals surface area contributed by atoms with Gasteiger partial charge in [-0.2, -0.15) is 4.99 Å². The molecule has 10 rings (SSSR count). The van der Waals surface area contributed by atoms with Gasteiger partial charge in [-0.1, -0.05) is 12.1 Å². The van der Waals surface area contributed by atoms with E-state index >= 15 is 4.39 Å². The number of isocyanates is 1. The lowest BCUT2D eigenvalue weighted by molar-refractivity contribution is 0.102. The molecule has 388 valence electrons. The van der Waals surface area contributed by atoms with Crippen molar-refractivity contribution in [2.45, 2.75) is 0 Å². The second kappa shape index (κ2) is 23.7. The molecule has 76 heavy (non-hydrogen) atoms. The Morgan fingerprint density at radius 3 is 1.58 bits per heavy atom. The van der Waals surface area contributed by atoms with Gasteiger partial charge in [0.05, 0.1) is 89.1 Å². The molecule has 16 nitrogen and oxygen atoms in total. The molecule has 0 unspecified atom stereocenters. The van der Waals surface area contributed by atoms with Gasteiger partial charge in [0.25, 0.3) is 0 Å². The second-order valence-electron chi connectivity index (χ2n) is 16.4. The van der Waals surface area contributed by atoms with Crippen LogP contribution in [0.1, 0.15) is 31.8 Å². The fourth-order valence-corrected chi connectivity index (χ4v) is 7.63. The summed E-state index contributed by atoms with van der Waals surface area (Å²) in [5.74, 6) is -11.1. The molecule has 0 atom stereocenters. The lowest BCUT2D eigenvalue weighted by atomic mass is 10.0. The molecule has 8 aromatic rings. The first-order valence-electron chi connectivity index (χ1n) is 22.6. The van der Waals surface area contributed by atoms with Gasteiger partial charge >= 0.3 is 6.03 Å². The maximum Gasteiger partial charge on any atom is 0.323 e. The fraction of sp³-hybridized carbons (Fsp3) is 0.154. The first kappa shape index (κ1) is 53.1. The van der Waals surface area contributed by atoms with Crippen molar-refractivity contribution >= 4 is 80.1 Å². The van der Waals surface area contributed by atoms with E-state index in [2.05, 4.69) is 30.2 Å². The molecule has 6 aromatic carbocycles. The summed E-state index contributed by atoms with van der Waals surface area (Å²) < 4.78 is 122. The van der Waals surface area contributed by atoms with Crippen molar-refractivity contribution in [2.75, 3.05) is 78.8 Å². The Morgan fingerprint density at radius 2 is 1.07 bits per heavy atom. The Hall–Kier alpha value is -9.25. The lowest BCUT2D eigenvalue weighted by Gasteiger charge is -2.27. The number of nitrogens with one attached hydrogen (secondary N) is 2. The van der Waals surface area contributed by atoms with Gasteiger partial charge in [0.1, 0.15) is 23.3 Å². The van der Waals surface area contributed by atoms with Crippen LogP contribution in [0.4, 0.5) is 74.3 Å². The molecular formula is C52H38F8N10O6. The third-order valence-electron chi connectivity index (χ3n) is 11.4. The van der Waals surface area contributed by atoms with Crippen LogP contribution in [0.2, 0.25) is 0 Å². The zero-order valence-corrected chi connectivity index (χ0v) is 39.2. The molecule has 4 heterocycles. The van der Waals surface area contributed by atoms with Crippen LogP contribution in [0.5, 0.6) is 0 Å². The van der Waals surface area contributed by atoms with E-state index in [1.54, 1.807) is 12.4 Å². The number of aromatic nitrogens is 4. The highest BCUT2D eigenvalue weighted by Gasteiger charge is 2.28. The van der Waals surface area contributed by atoms with E-state index in [1.165, 1.54) is 72.8 Å². The average Bonchev–Trinajstić information content (AvgIpc) is 3.45. The maximum absolute atomic E-state index is 15.3. The number of benzene rings is 6. The summed E-state index contributed by atoms with van der Waals surface area (Å²) in [5.41, 5.74) is 3.41. The van der Waals surface area contributed by atoms with Crippen LogP contribution in [0.25, 0.3) is 22.1 Å². The second-order valence-corrected chi connectivity index (χ2v) is 16.4. The van der Waals surface area contributed by atoms with Gasteiger partial charge in [-0.25, -0.2) is 54.7 Å². The number of urea groups is 1. The monoisotopic (exact) mass is 1050 g/mol. The van der Waals surface area contributed by atoms with Gasteiger partial charge in [-0.3, -0.25) is 19.6 Å². The molecule has 0 bridgehead atoms. The normalized spacial score (nSPS) is 13.2. The van der Waals surface area contributed by atoms with Crippen molar-refractivity contribution in [1.82, 2.24) is 19.9 Å². The van der Waals surface area contributed by atoms with E-state index in [9.17, 15) is 49.9 Å². The number of halogens is 8. The van der Waals surface area contributed by atoms with Gasteiger partial charge in [0, 0.05) is 61.2 Å². The molecule has 2 aromatic heterocycles. The molecule has 0 spiro atoms. The zero-order valence-electron chi connectivity index (χ0n) is 39.2. The third kappa shape index (κ3) is 12.4. The zero-order chi connectivity index (χ0) is 54.0. The molecule has 2 saturated heterocycles. The van der Waals surface area contributed by atoms with Crippen molar-refractivity contribution in [1.29, 1.82) is 0 Å². The van der Waals surface area contributed by atoms with E-state index in [4.69, 9.17) is 15.2 Å². The van der Waals surface area contributed by atoms with Gasteiger partial charge in [-0.05, 0) is 66.7 Å².